The Labute approximate surface area is 131 Å². The van der Waals surface area contributed by atoms with Crippen molar-refractivity contribution in [2.24, 2.45) is 0 Å². The van der Waals surface area contributed by atoms with Crippen LogP contribution >= 0.6 is 0 Å². The van der Waals surface area contributed by atoms with Crippen molar-refractivity contribution in [2.75, 3.05) is 18.6 Å². The quantitative estimate of drug-likeness (QED) is 0.868. The van der Waals surface area contributed by atoms with Gasteiger partial charge in [0, 0.05) is 33.9 Å². The Morgan fingerprint density at radius 2 is 2.18 bits per heavy atom. The summed E-state index contributed by atoms with van der Waals surface area (Å²) in [6, 6.07) is 6.71. The highest BCUT2D eigenvalue weighted by molar-refractivity contribution is 7.85. The molecule has 0 aliphatic carbocycles. The van der Waals surface area contributed by atoms with Crippen LogP contribution in [0.5, 0.6) is 0 Å². The van der Waals surface area contributed by atoms with Crippen molar-refractivity contribution in [3.63, 3.8) is 0 Å². The molecule has 0 unspecified atom stereocenters. The summed E-state index contributed by atoms with van der Waals surface area (Å²) in [7, 11) is 1.38. The highest BCUT2D eigenvalue weighted by atomic mass is 32.2. The van der Waals surface area contributed by atoms with Crippen LogP contribution in [0.15, 0.2) is 34.9 Å². The van der Waals surface area contributed by atoms with Gasteiger partial charge in [-0.25, -0.2) is 9.37 Å². The zero-order chi connectivity index (χ0) is 15.5. The number of aromatic nitrogens is 1. The summed E-state index contributed by atoms with van der Waals surface area (Å²) in [5.74, 6) is 2.45. The Hall–Kier alpha value is -1.53. The summed E-state index contributed by atoms with van der Waals surface area (Å²) >= 11 is 0. The second-order valence-corrected chi connectivity index (χ2v) is 7.32. The molecule has 1 aliphatic heterocycles. The number of oxazole rings is 1. The second-order valence-electron chi connectivity index (χ2n) is 5.62. The molecular formula is C16H19FN2O2S. The number of hydrogen-bond donors (Lipinski definition) is 0. The summed E-state index contributed by atoms with van der Waals surface area (Å²) < 4.78 is 30.4. The molecule has 1 saturated heterocycles. The number of rotatable bonds is 4. The van der Waals surface area contributed by atoms with Gasteiger partial charge >= 0.3 is 0 Å². The van der Waals surface area contributed by atoms with E-state index in [9.17, 15) is 8.60 Å². The largest absolute Gasteiger partial charge is 0.439 e. The molecule has 6 heteroatoms. The normalized spacial score (nSPS) is 22.1. The lowest BCUT2D eigenvalue weighted by atomic mass is 10.1. The first-order valence-electron chi connectivity index (χ1n) is 7.37. The fraction of sp³-hybridized carbons (Fsp3) is 0.438. The first kappa shape index (κ1) is 15.4. The maximum atomic E-state index is 13.2. The molecule has 0 amide bonds. The van der Waals surface area contributed by atoms with Gasteiger partial charge in [-0.05, 0) is 32.0 Å². The van der Waals surface area contributed by atoms with Crippen LogP contribution in [0.4, 0.5) is 4.39 Å². The van der Waals surface area contributed by atoms with E-state index >= 15 is 0 Å². The van der Waals surface area contributed by atoms with E-state index in [0.29, 0.717) is 29.8 Å². The van der Waals surface area contributed by atoms with Gasteiger partial charge in [0.15, 0.2) is 5.76 Å². The third-order valence-corrected chi connectivity index (χ3v) is 5.41. The molecule has 0 spiro atoms. The average Bonchev–Trinajstić information content (AvgIpc) is 2.96. The molecule has 0 radical (unpaired) electrons. The van der Waals surface area contributed by atoms with Crippen LogP contribution in [-0.2, 0) is 17.3 Å². The van der Waals surface area contributed by atoms with Gasteiger partial charge in [-0.3, -0.25) is 9.11 Å². The predicted molar refractivity (Wildman–Crippen MR) is 84.3 cm³/mol. The van der Waals surface area contributed by atoms with Gasteiger partial charge in [-0.1, -0.05) is 12.1 Å². The standard InChI is InChI=1S/C16H19FN2O2S/c1-19(14-5-7-22(20)8-6-14)11-16-18-10-15(21-16)12-3-2-4-13(17)9-12/h2-4,9-10,14H,5-8,11H2,1H3. The molecule has 0 bridgehead atoms. The minimum absolute atomic E-state index is 0.289. The lowest BCUT2D eigenvalue weighted by molar-refractivity contribution is 0.201. The third kappa shape index (κ3) is 3.62. The van der Waals surface area contributed by atoms with E-state index in [1.54, 1.807) is 18.3 Å². The molecule has 4 nitrogen and oxygen atoms in total. The monoisotopic (exact) mass is 322 g/mol. The van der Waals surface area contributed by atoms with Gasteiger partial charge in [-0.15, -0.1) is 0 Å². The highest BCUT2D eigenvalue weighted by Crippen LogP contribution is 2.23. The summed E-state index contributed by atoms with van der Waals surface area (Å²) in [5, 5.41) is 0. The Balaban J connectivity index is 1.65. The third-order valence-electron chi connectivity index (χ3n) is 4.03. The molecule has 3 rings (SSSR count). The molecule has 2 aromatic rings. The van der Waals surface area contributed by atoms with Crippen molar-refractivity contribution in [2.45, 2.75) is 25.4 Å². The van der Waals surface area contributed by atoms with Crippen LogP contribution in [0.3, 0.4) is 0 Å². The Morgan fingerprint density at radius 3 is 2.91 bits per heavy atom. The zero-order valence-corrected chi connectivity index (χ0v) is 13.3. The molecule has 1 aromatic heterocycles. The van der Waals surface area contributed by atoms with Crippen molar-refractivity contribution in [1.82, 2.24) is 9.88 Å². The topological polar surface area (TPSA) is 46.3 Å². The van der Waals surface area contributed by atoms with E-state index in [-0.39, 0.29) is 5.82 Å². The average molecular weight is 322 g/mol. The van der Waals surface area contributed by atoms with E-state index in [0.717, 1.165) is 24.3 Å². The number of halogens is 1. The molecule has 22 heavy (non-hydrogen) atoms. The van der Waals surface area contributed by atoms with Crippen molar-refractivity contribution < 1.29 is 13.0 Å². The molecule has 0 saturated carbocycles. The van der Waals surface area contributed by atoms with Gasteiger partial charge in [0.2, 0.25) is 5.89 Å². The number of hydrogen-bond acceptors (Lipinski definition) is 4. The molecule has 1 fully saturated rings. The van der Waals surface area contributed by atoms with Crippen molar-refractivity contribution >= 4 is 10.8 Å². The van der Waals surface area contributed by atoms with E-state index in [1.165, 1.54) is 12.1 Å². The molecule has 1 aliphatic rings. The minimum Gasteiger partial charge on any atom is -0.439 e. The smallest absolute Gasteiger partial charge is 0.209 e. The van der Waals surface area contributed by atoms with Gasteiger partial charge in [0.05, 0.1) is 12.7 Å². The van der Waals surface area contributed by atoms with Crippen LogP contribution in [0.25, 0.3) is 11.3 Å². The molecular weight excluding hydrogens is 303 g/mol. The van der Waals surface area contributed by atoms with Crippen LogP contribution in [0.2, 0.25) is 0 Å². The predicted octanol–water partition coefficient (Wildman–Crippen LogP) is 2.82. The fourth-order valence-corrected chi connectivity index (χ4v) is 4.00. The molecule has 1 aromatic carbocycles. The summed E-state index contributed by atoms with van der Waals surface area (Å²) in [6.07, 6.45) is 3.52. The lowest BCUT2D eigenvalue weighted by Crippen LogP contribution is -2.37. The van der Waals surface area contributed by atoms with Gasteiger partial charge < -0.3 is 4.42 Å². The molecule has 0 atom stereocenters. The molecule has 0 N–H and O–H groups in total. The Bertz CT molecular complexity index is 664. The van der Waals surface area contributed by atoms with Gasteiger partial charge in [0.25, 0.3) is 0 Å². The van der Waals surface area contributed by atoms with Crippen LogP contribution in [0, 0.1) is 5.82 Å². The van der Waals surface area contributed by atoms with Crippen LogP contribution in [0.1, 0.15) is 18.7 Å². The van der Waals surface area contributed by atoms with Crippen molar-refractivity contribution in [3.05, 3.63) is 42.2 Å². The minimum atomic E-state index is -0.648. The Kier molecular flexibility index (Phi) is 4.69. The zero-order valence-electron chi connectivity index (χ0n) is 12.5. The van der Waals surface area contributed by atoms with Gasteiger partial charge in [-0.2, -0.15) is 0 Å². The fourth-order valence-electron chi connectivity index (χ4n) is 2.72. The molecule has 2 heterocycles. The molecule has 118 valence electrons. The first-order valence-corrected chi connectivity index (χ1v) is 8.86. The maximum absolute atomic E-state index is 13.2. The van der Waals surface area contributed by atoms with E-state index in [1.807, 2.05) is 7.05 Å². The van der Waals surface area contributed by atoms with Crippen molar-refractivity contribution in [1.29, 1.82) is 0 Å². The lowest BCUT2D eigenvalue weighted by Gasteiger charge is -2.29. The maximum Gasteiger partial charge on any atom is 0.209 e. The SMILES string of the molecule is CN(Cc1ncc(-c2cccc(F)c2)o1)C1CCS(=O)CC1. The highest BCUT2D eigenvalue weighted by Gasteiger charge is 2.22. The summed E-state index contributed by atoms with van der Waals surface area (Å²) in [5.41, 5.74) is 0.689. The summed E-state index contributed by atoms with van der Waals surface area (Å²) in [6.45, 7) is 0.604. The van der Waals surface area contributed by atoms with E-state index in [4.69, 9.17) is 4.42 Å². The van der Waals surface area contributed by atoms with Gasteiger partial charge in [0.1, 0.15) is 5.82 Å². The second kappa shape index (κ2) is 6.71. The number of benzene rings is 1. The van der Waals surface area contributed by atoms with E-state index in [2.05, 4.69) is 9.88 Å². The van der Waals surface area contributed by atoms with Crippen LogP contribution < -0.4 is 0 Å². The first-order chi connectivity index (χ1) is 10.6. The van der Waals surface area contributed by atoms with Crippen LogP contribution in [-0.4, -0.2) is 38.7 Å². The van der Waals surface area contributed by atoms with Crippen molar-refractivity contribution in [3.8, 4) is 11.3 Å². The van der Waals surface area contributed by atoms with E-state index < -0.39 is 10.8 Å². The Morgan fingerprint density at radius 1 is 1.41 bits per heavy atom. The summed E-state index contributed by atoms with van der Waals surface area (Å²) in [4.78, 5) is 6.47. The number of nitrogens with zero attached hydrogens (tertiary/aromatic N) is 2.